The molecular formula is C28H29NO2. The van der Waals surface area contributed by atoms with Crippen LogP contribution in [-0.2, 0) is 13.0 Å². The van der Waals surface area contributed by atoms with Gasteiger partial charge in [-0.15, -0.1) is 0 Å². The van der Waals surface area contributed by atoms with Crippen molar-refractivity contribution >= 4 is 11.8 Å². The zero-order valence-electron chi connectivity index (χ0n) is 18.5. The van der Waals surface area contributed by atoms with Gasteiger partial charge in [0.2, 0.25) is 0 Å². The van der Waals surface area contributed by atoms with E-state index in [0.29, 0.717) is 18.2 Å². The normalized spacial score (nSPS) is 12.1. The third-order valence-corrected chi connectivity index (χ3v) is 6.09. The summed E-state index contributed by atoms with van der Waals surface area (Å²) in [7, 11) is 0. The number of carbonyl (C=O) groups is 1. The Hall–Kier alpha value is -3.33. The predicted octanol–water partition coefficient (Wildman–Crippen LogP) is 7.07. The van der Waals surface area contributed by atoms with Crippen LogP contribution < -0.4 is 4.74 Å². The number of hydrogen-bond acceptors (Lipinski definition) is 2. The van der Waals surface area contributed by atoms with E-state index in [2.05, 4.69) is 69.4 Å². The summed E-state index contributed by atoms with van der Waals surface area (Å²) in [4.78, 5) is 12.0. The van der Waals surface area contributed by atoms with Gasteiger partial charge >= 0.3 is 0 Å². The zero-order valence-corrected chi connectivity index (χ0v) is 18.5. The molecule has 158 valence electrons. The minimum Gasteiger partial charge on any atom is -0.489 e. The number of benzene rings is 2. The quantitative estimate of drug-likeness (QED) is 0.290. The van der Waals surface area contributed by atoms with Gasteiger partial charge in [-0.3, -0.25) is 4.79 Å². The van der Waals surface area contributed by atoms with E-state index in [4.69, 9.17) is 4.74 Å². The molecule has 0 radical (unpaired) electrons. The van der Waals surface area contributed by atoms with Gasteiger partial charge in [0, 0.05) is 17.3 Å². The minimum atomic E-state index is 0.356. The Morgan fingerprint density at radius 1 is 0.968 bits per heavy atom. The van der Waals surface area contributed by atoms with E-state index in [-0.39, 0.29) is 0 Å². The molecule has 0 aliphatic heterocycles. The van der Waals surface area contributed by atoms with Gasteiger partial charge in [0.1, 0.15) is 12.4 Å². The maximum absolute atomic E-state index is 12.0. The van der Waals surface area contributed by atoms with Gasteiger partial charge in [0.25, 0.3) is 0 Å². The number of carbonyl (C=O) groups excluding carboxylic acids is 1. The van der Waals surface area contributed by atoms with Gasteiger partial charge in [0.05, 0.1) is 5.69 Å². The lowest BCUT2D eigenvalue weighted by atomic mass is 9.93. The standard InChI is InChI=1S/C28H29NO2/c1-4-20(3)25-15-23(12-14-28(25)31-19-22-9-7-6-8-10-22)26-16-24-13-11-21(5-2)17-29(24)27(26)18-30/h6-18,20H,4-5,19H2,1-3H3. The molecular weight excluding hydrogens is 382 g/mol. The zero-order chi connectivity index (χ0) is 21.8. The maximum Gasteiger partial charge on any atom is 0.167 e. The minimum absolute atomic E-state index is 0.356. The highest BCUT2D eigenvalue weighted by Gasteiger charge is 2.16. The van der Waals surface area contributed by atoms with Gasteiger partial charge in [0.15, 0.2) is 6.29 Å². The lowest BCUT2D eigenvalue weighted by Crippen LogP contribution is -2.02. The van der Waals surface area contributed by atoms with E-state index >= 15 is 0 Å². The van der Waals surface area contributed by atoms with Crippen molar-refractivity contribution in [1.29, 1.82) is 0 Å². The fourth-order valence-corrected chi connectivity index (χ4v) is 3.98. The average molecular weight is 412 g/mol. The van der Waals surface area contributed by atoms with Crippen LogP contribution in [0.5, 0.6) is 5.75 Å². The number of fused-ring (bicyclic) bond motifs is 1. The number of nitrogens with zero attached hydrogens (tertiary/aromatic N) is 1. The van der Waals surface area contributed by atoms with E-state index in [1.807, 2.05) is 28.7 Å². The van der Waals surface area contributed by atoms with Gasteiger partial charge in [-0.2, -0.15) is 0 Å². The third kappa shape index (κ3) is 4.27. The van der Waals surface area contributed by atoms with Crippen LogP contribution in [0.25, 0.3) is 16.6 Å². The Morgan fingerprint density at radius 2 is 1.77 bits per heavy atom. The van der Waals surface area contributed by atoms with Crippen LogP contribution in [0.4, 0.5) is 0 Å². The SMILES string of the molecule is CCc1ccc2cc(-c3ccc(OCc4ccccc4)c(C(C)CC)c3)c(C=O)n2c1. The number of hydrogen-bond donors (Lipinski definition) is 0. The van der Waals surface area contributed by atoms with E-state index < -0.39 is 0 Å². The summed E-state index contributed by atoms with van der Waals surface area (Å²) < 4.78 is 8.21. The molecule has 3 nitrogen and oxygen atoms in total. The smallest absolute Gasteiger partial charge is 0.167 e. The Kier molecular flexibility index (Phi) is 6.22. The first-order valence-electron chi connectivity index (χ1n) is 11.0. The first-order valence-corrected chi connectivity index (χ1v) is 11.0. The Morgan fingerprint density at radius 3 is 2.48 bits per heavy atom. The summed E-state index contributed by atoms with van der Waals surface area (Å²) in [6.45, 7) is 7.07. The summed E-state index contributed by atoms with van der Waals surface area (Å²) in [5, 5.41) is 0. The second-order valence-electron chi connectivity index (χ2n) is 8.08. The molecule has 0 amide bonds. The van der Waals surface area contributed by atoms with Crippen molar-refractivity contribution in [2.45, 2.75) is 46.1 Å². The molecule has 2 heterocycles. The first kappa shape index (κ1) is 20.9. The lowest BCUT2D eigenvalue weighted by molar-refractivity contribution is 0.111. The predicted molar refractivity (Wildman–Crippen MR) is 127 cm³/mol. The number of rotatable bonds is 8. The van der Waals surface area contributed by atoms with Crippen LogP contribution in [0.1, 0.15) is 60.3 Å². The highest BCUT2D eigenvalue weighted by Crippen LogP contribution is 2.35. The maximum atomic E-state index is 12.0. The summed E-state index contributed by atoms with van der Waals surface area (Å²) in [5.41, 5.74) is 7.27. The van der Waals surface area contributed by atoms with Gasteiger partial charge < -0.3 is 9.14 Å². The number of aromatic nitrogens is 1. The molecule has 1 atom stereocenters. The van der Waals surface area contributed by atoms with Crippen LogP contribution in [0.2, 0.25) is 0 Å². The van der Waals surface area contributed by atoms with Crippen LogP contribution in [0.3, 0.4) is 0 Å². The second kappa shape index (κ2) is 9.22. The molecule has 0 saturated carbocycles. The molecule has 2 aromatic carbocycles. The van der Waals surface area contributed by atoms with Crippen LogP contribution in [0, 0.1) is 0 Å². The third-order valence-electron chi connectivity index (χ3n) is 6.09. The highest BCUT2D eigenvalue weighted by atomic mass is 16.5. The van der Waals surface area contributed by atoms with Crippen molar-refractivity contribution < 1.29 is 9.53 Å². The van der Waals surface area contributed by atoms with Crippen molar-refractivity contribution in [2.24, 2.45) is 0 Å². The Balaban J connectivity index is 1.74. The van der Waals surface area contributed by atoms with Crippen molar-refractivity contribution in [3.63, 3.8) is 0 Å². The molecule has 0 saturated heterocycles. The summed E-state index contributed by atoms with van der Waals surface area (Å²) in [6, 6.07) is 22.8. The molecule has 0 fully saturated rings. The molecule has 1 unspecified atom stereocenters. The van der Waals surface area contributed by atoms with Crippen molar-refractivity contribution in [3.8, 4) is 16.9 Å². The number of aldehydes is 1. The fraction of sp³-hybridized carbons (Fsp3) is 0.250. The lowest BCUT2D eigenvalue weighted by Gasteiger charge is -2.17. The summed E-state index contributed by atoms with van der Waals surface area (Å²) in [6.07, 6.45) is 4.98. The fourth-order valence-electron chi connectivity index (χ4n) is 3.98. The number of ether oxygens (including phenoxy) is 1. The van der Waals surface area contributed by atoms with E-state index in [9.17, 15) is 4.79 Å². The van der Waals surface area contributed by atoms with E-state index in [1.54, 1.807) is 0 Å². The number of aryl methyl sites for hydroxylation is 1. The van der Waals surface area contributed by atoms with Crippen molar-refractivity contribution in [3.05, 3.63) is 95.3 Å². The average Bonchev–Trinajstić information content (AvgIpc) is 3.20. The summed E-state index contributed by atoms with van der Waals surface area (Å²) >= 11 is 0. The number of pyridine rings is 1. The monoisotopic (exact) mass is 411 g/mol. The largest absolute Gasteiger partial charge is 0.489 e. The van der Waals surface area contributed by atoms with E-state index in [0.717, 1.165) is 47.1 Å². The van der Waals surface area contributed by atoms with Crippen LogP contribution >= 0.6 is 0 Å². The van der Waals surface area contributed by atoms with Crippen molar-refractivity contribution in [2.75, 3.05) is 0 Å². The van der Waals surface area contributed by atoms with Crippen LogP contribution in [0.15, 0.2) is 72.9 Å². The topological polar surface area (TPSA) is 30.7 Å². The molecule has 0 spiro atoms. The van der Waals surface area contributed by atoms with E-state index in [1.165, 1.54) is 11.1 Å². The first-order chi connectivity index (χ1) is 15.1. The molecule has 4 aromatic rings. The second-order valence-corrected chi connectivity index (χ2v) is 8.08. The highest BCUT2D eigenvalue weighted by molar-refractivity contribution is 5.90. The van der Waals surface area contributed by atoms with Gasteiger partial charge in [-0.25, -0.2) is 0 Å². The Labute approximate surface area is 184 Å². The molecule has 0 N–H and O–H groups in total. The summed E-state index contributed by atoms with van der Waals surface area (Å²) in [5.74, 6) is 1.26. The molecule has 2 aromatic heterocycles. The molecule has 0 aliphatic carbocycles. The van der Waals surface area contributed by atoms with Gasteiger partial charge in [-0.05, 0) is 65.3 Å². The molecule has 3 heteroatoms. The van der Waals surface area contributed by atoms with Crippen molar-refractivity contribution in [1.82, 2.24) is 4.40 Å². The molecule has 0 aliphatic rings. The Bertz CT molecular complexity index is 1190. The van der Waals surface area contributed by atoms with Gasteiger partial charge in [-0.1, -0.05) is 63.2 Å². The molecule has 4 rings (SSSR count). The molecule has 0 bridgehead atoms. The molecule has 31 heavy (non-hydrogen) atoms. The van der Waals surface area contributed by atoms with Crippen LogP contribution in [-0.4, -0.2) is 10.7 Å².